The molecule has 0 saturated carbocycles. The predicted octanol–water partition coefficient (Wildman–Crippen LogP) is 16.0. The summed E-state index contributed by atoms with van der Waals surface area (Å²) in [5.74, 6) is 1.96. The molecule has 1 aliphatic carbocycles. The number of rotatable bonds is 6. The SMILES string of the molecule is CC1(C)c2ccccc2-c2cc3c4ccc(-c5cccc(-c6cc(-c7nc(-c8ccccc8)nc(-c8ccccc8)n7)c7sc8ccccc8c7c6)c5)cc4n(-c4ccccc4)c3cc21. The van der Waals surface area contributed by atoms with E-state index >= 15 is 0 Å². The average Bonchev–Trinajstić information content (AvgIpc) is 3.98. The van der Waals surface area contributed by atoms with Gasteiger partial charge in [-0.2, -0.15) is 0 Å². The Balaban J connectivity index is 0.994. The van der Waals surface area contributed by atoms with Crippen molar-refractivity contribution in [2.75, 3.05) is 0 Å². The number of thiophene rings is 1. The molecule has 0 N–H and O–H groups in total. The molecule has 0 radical (unpaired) electrons. The molecule has 0 spiro atoms. The molecule has 5 heteroatoms. The summed E-state index contributed by atoms with van der Waals surface area (Å²) in [6.45, 7) is 4.72. The summed E-state index contributed by atoms with van der Waals surface area (Å²) in [5, 5.41) is 4.93. The number of hydrogen-bond donors (Lipinski definition) is 0. The van der Waals surface area contributed by atoms with Crippen LogP contribution in [0.5, 0.6) is 0 Å². The van der Waals surface area contributed by atoms with Crippen molar-refractivity contribution in [3.8, 4) is 73.2 Å². The molecule has 0 unspecified atom stereocenters. The molecular formula is C60H40N4S. The highest BCUT2D eigenvalue weighted by Gasteiger charge is 2.36. The summed E-state index contributed by atoms with van der Waals surface area (Å²) in [5.41, 5.74) is 16.4. The topological polar surface area (TPSA) is 43.6 Å². The lowest BCUT2D eigenvalue weighted by Gasteiger charge is -2.21. The van der Waals surface area contributed by atoms with E-state index in [4.69, 9.17) is 15.0 Å². The molecule has 1 aliphatic rings. The lowest BCUT2D eigenvalue weighted by atomic mass is 9.82. The zero-order chi connectivity index (χ0) is 43.2. The van der Waals surface area contributed by atoms with Gasteiger partial charge in [-0.1, -0.05) is 166 Å². The first-order chi connectivity index (χ1) is 32.0. The van der Waals surface area contributed by atoms with Crippen LogP contribution in [0.4, 0.5) is 0 Å². The van der Waals surface area contributed by atoms with E-state index in [1.807, 2.05) is 36.4 Å². The third-order valence-electron chi connectivity index (χ3n) is 13.4. The van der Waals surface area contributed by atoms with E-state index < -0.39 is 0 Å². The second-order valence-electron chi connectivity index (χ2n) is 17.6. The lowest BCUT2D eigenvalue weighted by molar-refractivity contribution is 0.661. The normalized spacial score (nSPS) is 12.9. The Morgan fingerprint density at radius 2 is 0.969 bits per heavy atom. The summed E-state index contributed by atoms with van der Waals surface area (Å²) in [7, 11) is 0. The Morgan fingerprint density at radius 1 is 0.369 bits per heavy atom. The molecule has 3 heterocycles. The van der Waals surface area contributed by atoms with E-state index in [0.717, 1.165) is 49.3 Å². The molecule has 9 aromatic carbocycles. The van der Waals surface area contributed by atoms with E-state index in [2.05, 4.69) is 188 Å². The summed E-state index contributed by atoms with van der Waals surface area (Å²) in [6, 6.07) is 74.3. The fourth-order valence-corrected chi connectivity index (χ4v) is 11.4. The Morgan fingerprint density at radius 3 is 1.72 bits per heavy atom. The number of para-hydroxylation sites is 1. The van der Waals surface area contributed by atoms with Crippen LogP contribution in [0.25, 0.3) is 115 Å². The minimum atomic E-state index is -0.0975. The molecule has 0 aliphatic heterocycles. The van der Waals surface area contributed by atoms with Gasteiger partial charge < -0.3 is 4.57 Å². The Kier molecular flexibility index (Phi) is 8.39. The van der Waals surface area contributed by atoms with Crippen molar-refractivity contribution in [1.82, 2.24) is 19.5 Å². The summed E-state index contributed by atoms with van der Waals surface area (Å²) >= 11 is 1.79. The molecule has 0 fully saturated rings. The largest absolute Gasteiger partial charge is 0.309 e. The Bertz CT molecular complexity index is 3790. The van der Waals surface area contributed by atoms with Gasteiger partial charge in [0.2, 0.25) is 0 Å². The fraction of sp³-hybridized carbons (Fsp3) is 0.0500. The van der Waals surface area contributed by atoms with Crippen molar-refractivity contribution in [1.29, 1.82) is 0 Å². The van der Waals surface area contributed by atoms with Gasteiger partial charge in [-0.25, -0.2) is 15.0 Å². The van der Waals surface area contributed by atoms with Gasteiger partial charge in [0.1, 0.15) is 0 Å². The molecule has 4 nitrogen and oxygen atoms in total. The minimum Gasteiger partial charge on any atom is -0.309 e. The van der Waals surface area contributed by atoms with Gasteiger partial charge in [-0.05, 0) is 99.1 Å². The van der Waals surface area contributed by atoms with Crippen LogP contribution in [0.15, 0.2) is 206 Å². The van der Waals surface area contributed by atoms with Gasteiger partial charge >= 0.3 is 0 Å². The number of fused-ring (bicyclic) bond motifs is 9. The summed E-state index contributed by atoms with van der Waals surface area (Å²) in [4.78, 5) is 15.5. The van der Waals surface area contributed by atoms with Crippen LogP contribution in [0, 0.1) is 0 Å². The number of nitrogens with zero attached hydrogens (tertiary/aromatic N) is 4. The van der Waals surface area contributed by atoms with Crippen LogP contribution in [-0.4, -0.2) is 19.5 Å². The highest BCUT2D eigenvalue weighted by molar-refractivity contribution is 7.26. The average molecular weight is 849 g/mol. The first-order valence-electron chi connectivity index (χ1n) is 22.2. The van der Waals surface area contributed by atoms with Crippen molar-refractivity contribution >= 4 is 53.3 Å². The third-order valence-corrected chi connectivity index (χ3v) is 14.7. The van der Waals surface area contributed by atoms with Crippen LogP contribution < -0.4 is 0 Å². The highest BCUT2D eigenvalue weighted by atomic mass is 32.1. The first kappa shape index (κ1) is 37.6. The molecule has 0 amide bonds. The standard InChI is InChI=1S/C60H40N4S/c1-60(2)51-27-14-12-25-44(51)47-35-48-45-30-29-41(34-53(45)64(54(48)36-52(47)60)43-23-10-5-11-24-43)39-21-16-22-40(31-39)42-32-49-46-26-13-15-28-55(46)65-56(49)50(33-42)59-62-57(37-17-6-3-7-18-37)61-58(63-59)38-19-8-4-9-20-38/h3-36H,1-2H3. The van der Waals surface area contributed by atoms with Crippen molar-refractivity contribution in [2.24, 2.45) is 0 Å². The Labute approximate surface area is 380 Å². The second kappa shape index (κ2) is 14.5. The lowest BCUT2D eigenvalue weighted by Crippen LogP contribution is -2.14. The minimum absolute atomic E-state index is 0.0975. The highest BCUT2D eigenvalue weighted by Crippen LogP contribution is 2.51. The molecule has 65 heavy (non-hydrogen) atoms. The maximum absolute atomic E-state index is 5.22. The van der Waals surface area contributed by atoms with Crippen LogP contribution >= 0.6 is 11.3 Å². The smallest absolute Gasteiger partial charge is 0.165 e. The van der Waals surface area contributed by atoms with E-state index in [-0.39, 0.29) is 5.41 Å². The van der Waals surface area contributed by atoms with E-state index in [1.165, 1.54) is 59.5 Å². The molecule has 0 atom stereocenters. The number of hydrogen-bond acceptors (Lipinski definition) is 4. The molecule has 0 bridgehead atoms. The van der Waals surface area contributed by atoms with Gasteiger partial charge in [-0.15, -0.1) is 11.3 Å². The number of benzene rings is 9. The molecule has 12 aromatic rings. The van der Waals surface area contributed by atoms with E-state index in [1.54, 1.807) is 11.3 Å². The predicted molar refractivity (Wildman–Crippen MR) is 272 cm³/mol. The second-order valence-corrected chi connectivity index (χ2v) is 18.7. The number of aromatic nitrogens is 4. The first-order valence-corrected chi connectivity index (χ1v) is 23.0. The maximum atomic E-state index is 5.22. The van der Waals surface area contributed by atoms with Crippen molar-refractivity contribution in [2.45, 2.75) is 19.3 Å². The zero-order valence-corrected chi connectivity index (χ0v) is 36.6. The van der Waals surface area contributed by atoms with Gasteiger partial charge in [0.05, 0.1) is 11.0 Å². The van der Waals surface area contributed by atoms with Crippen LogP contribution in [-0.2, 0) is 5.41 Å². The molecule has 306 valence electrons. The van der Waals surface area contributed by atoms with E-state index in [9.17, 15) is 0 Å². The maximum Gasteiger partial charge on any atom is 0.165 e. The summed E-state index contributed by atoms with van der Waals surface area (Å²) in [6.07, 6.45) is 0. The van der Waals surface area contributed by atoms with Gasteiger partial charge in [0, 0.05) is 58.7 Å². The van der Waals surface area contributed by atoms with Crippen LogP contribution in [0.3, 0.4) is 0 Å². The van der Waals surface area contributed by atoms with Gasteiger partial charge in [0.25, 0.3) is 0 Å². The van der Waals surface area contributed by atoms with Crippen LogP contribution in [0.2, 0.25) is 0 Å². The molecule has 3 aromatic heterocycles. The van der Waals surface area contributed by atoms with Crippen LogP contribution in [0.1, 0.15) is 25.0 Å². The third kappa shape index (κ3) is 6.00. The van der Waals surface area contributed by atoms with Crippen molar-refractivity contribution in [3.63, 3.8) is 0 Å². The monoisotopic (exact) mass is 848 g/mol. The zero-order valence-electron chi connectivity index (χ0n) is 35.8. The quantitative estimate of drug-likeness (QED) is 0.167. The molecule has 13 rings (SSSR count). The van der Waals surface area contributed by atoms with Gasteiger partial charge in [0.15, 0.2) is 17.5 Å². The van der Waals surface area contributed by atoms with Crippen molar-refractivity contribution in [3.05, 3.63) is 217 Å². The fourth-order valence-electron chi connectivity index (χ4n) is 10.2. The van der Waals surface area contributed by atoms with E-state index in [0.29, 0.717) is 17.5 Å². The van der Waals surface area contributed by atoms with Gasteiger partial charge in [-0.3, -0.25) is 0 Å². The Hall–Kier alpha value is -7.99. The molecular weight excluding hydrogens is 809 g/mol. The summed E-state index contributed by atoms with van der Waals surface area (Å²) < 4.78 is 4.85. The molecule has 0 saturated heterocycles. The van der Waals surface area contributed by atoms with Crippen molar-refractivity contribution < 1.29 is 0 Å².